The van der Waals surface area contributed by atoms with E-state index >= 15 is 0 Å². The number of carbonyl (C=O) groups excluding carboxylic acids is 1. The van der Waals surface area contributed by atoms with Crippen molar-refractivity contribution in [3.8, 4) is 11.8 Å². The molecular formula is C24H28N4O2. The van der Waals surface area contributed by atoms with Crippen LogP contribution in [0.15, 0.2) is 66.4 Å². The van der Waals surface area contributed by atoms with Crippen molar-refractivity contribution in [2.24, 2.45) is 0 Å². The number of nitrogens with one attached hydrogen (secondary N) is 1. The van der Waals surface area contributed by atoms with Crippen molar-refractivity contribution in [3.63, 3.8) is 0 Å². The fraction of sp³-hybridized carbons (Fsp3) is 0.333. The van der Waals surface area contributed by atoms with Gasteiger partial charge in [-0.2, -0.15) is 5.26 Å². The van der Waals surface area contributed by atoms with E-state index in [2.05, 4.69) is 22.3 Å². The van der Waals surface area contributed by atoms with Crippen LogP contribution in [0.3, 0.4) is 0 Å². The first-order valence-electron chi connectivity index (χ1n) is 10.2. The van der Waals surface area contributed by atoms with E-state index in [1.54, 1.807) is 18.2 Å². The Morgan fingerprint density at radius 2 is 1.77 bits per heavy atom. The number of hydrogen-bond acceptors (Lipinski definition) is 5. The largest absolute Gasteiger partial charge is 0.497 e. The predicted molar refractivity (Wildman–Crippen MR) is 117 cm³/mol. The fourth-order valence-electron chi connectivity index (χ4n) is 3.45. The first kappa shape index (κ1) is 21.4. The van der Waals surface area contributed by atoms with Crippen LogP contribution in [0.1, 0.15) is 11.1 Å². The zero-order chi connectivity index (χ0) is 21.2. The van der Waals surface area contributed by atoms with Crippen LogP contribution in [0.5, 0.6) is 5.75 Å². The monoisotopic (exact) mass is 404 g/mol. The van der Waals surface area contributed by atoms with Gasteiger partial charge >= 0.3 is 0 Å². The lowest BCUT2D eigenvalue weighted by molar-refractivity contribution is -0.128. The number of amides is 1. The molecule has 0 aromatic heterocycles. The van der Waals surface area contributed by atoms with Crippen molar-refractivity contribution in [1.29, 1.82) is 5.26 Å². The fourth-order valence-corrected chi connectivity index (χ4v) is 3.45. The lowest BCUT2D eigenvalue weighted by Crippen LogP contribution is -2.48. The summed E-state index contributed by atoms with van der Waals surface area (Å²) in [6.45, 7) is 4.42. The number of carbonyl (C=O) groups is 1. The molecular weight excluding hydrogens is 376 g/mol. The van der Waals surface area contributed by atoms with E-state index in [4.69, 9.17) is 4.74 Å². The third-order valence-electron chi connectivity index (χ3n) is 5.22. The molecule has 156 valence electrons. The molecule has 2 aromatic rings. The molecule has 0 atom stereocenters. The number of benzene rings is 2. The van der Waals surface area contributed by atoms with E-state index in [9.17, 15) is 10.1 Å². The molecule has 2 aromatic carbocycles. The molecule has 0 spiro atoms. The number of hydrogen-bond donors (Lipinski definition) is 1. The van der Waals surface area contributed by atoms with E-state index in [1.165, 1.54) is 5.56 Å². The normalized spacial score (nSPS) is 14.8. The van der Waals surface area contributed by atoms with E-state index in [0.29, 0.717) is 19.6 Å². The first-order valence-corrected chi connectivity index (χ1v) is 10.2. The van der Waals surface area contributed by atoms with Gasteiger partial charge in [-0.1, -0.05) is 42.5 Å². The van der Waals surface area contributed by atoms with Gasteiger partial charge < -0.3 is 15.0 Å². The Balaban J connectivity index is 1.44. The second-order valence-electron chi connectivity index (χ2n) is 7.28. The molecule has 1 aliphatic rings. The van der Waals surface area contributed by atoms with Crippen molar-refractivity contribution >= 4 is 5.91 Å². The average Bonchev–Trinajstić information content (AvgIpc) is 2.80. The standard InChI is InChI=1S/C24H28N4O2/c1-30-23-9-7-20(8-10-23)11-12-26-18-22(17-25)24(29)28-15-13-27(14-16-28)19-21-5-3-2-4-6-21/h2-10,18,26H,11-16,19H2,1H3/b22-18-. The molecule has 1 N–H and O–H groups in total. The van der Waals surface area contributed by atoms with Crippen LogP contribution in [0, 0.1) is 11.3 Å². The summed E-state index contributed by atoms with van der Waals surface area (Å²) in [7, 11) is 1.64. The van der Waals surface area contributed by atoms with Crippen LogP contribution >= 0.6 is 0 Å². The third kappa shape index (κ3) is 6.10. The molecule has 0 unspecified atom stereocenters. The molecule has 0 saturated carbocycles. The van der Waals surface area contributed by atoms with Gasteiger partial charge in [-0.05, 0) is 29.7 Å². The molecule has 0 aliphatic carbocycles. The molecule has 1 heterocycles. The number of ether oxygens (including phenoxy) is 1. The quantitative estimate of drug-likeness (QED) is 0.416. The Morgan fingerprint density at radius 1 is 1.07 bits per heavy atom. The van der Waals surface area contributed by atoms with Crippen LogP contribution in [-0.4, -0.2) is 55.5 Å². The van der Waals surface area contributed by atoms with Gasteiger partial charge in [0.1, 0.15) is 17.4 Å². The maximum Gasteiger partial charge on any atom is 0.266 e. The van der Waals surface area contributed by atoms with Crippen molar-refractivity contribution in [2.75, 3.05) is 39.8 Å². The van der Waals surface area contributed by atoms with Crippen LogP contribution in [0.4, 0.5) is 0 Å². The molecule has 1 saturated heterocycles. The molecule has 1 fully saturated rings. The second-order valence-corrected chi connectivity index (χ2v) is 7.28. The van der Waals surface area contributed by atoms with Crippen LogP contribution in [0.25, 0.3) is 0 Å². The number of rotatable bonds is 8. The first-order chi connectivity index (χ1) is 14.7. The zero-order valence-electron chi connectivity index (χ0n) is 17.4. The summed E-state index contributed by atoms with van der Waals surface area (Å²) in [5.74, 6) is 0.627. The van der Waals surface area contributed by atoms with Gasteiger partial charge in [0.25, 0.3) is 5.91 Å². The number of nitrogens with zero attached hydrogens (tertiary/aromatic N) is 3. The van der Waals surface area contributed by atoms with Crippen molar-refractivity contribution < 1.29 is 9.53 Å². The Bertz CT molecular complexity index is 880. The molecule has 0 bridgehead atoms. The van der Waals surface area contributed by atoms with Crippen LogP contribution in [-0.2, 0) is 17.8 Å². The lowest BCUT2D eigenvalue weighted by Gasteiger charge is -2.34. The predicted octanol–water partition coefficient (Wildman–Crippen LogP) is 2.58. The van der Waals surface area contributed by atoms with E-state index in [1.807, 2.05) is 48.5 Å². The molecule has 6 nitrogen and oxygen atoms in total. The summed E-state index contributed by atoms with van der Waals surface area (Å²) in [6.07, 6.45) is 2.34. The van der Waals surface area contributed by atoms with Gasteiger partial charge in [-0.25, -0.2) is 0 Å². The highest BCUT2D eigenvalue weighted by Gasteiger charge is 2.23. The minimum Gasteiger partial charge on any atom is -0.497 e. The average molecular weight is 405 g/mol. The highest BCUT2D eigenvalue weighted by molar-refractivity contribution is 5.97. The Morgan fingerprint density at radius 3 is 2.40 bits per heavy atom. The summed E-state index contributed by atoms with van der Waals surface area (Å²) >= 11 is 0. The van der Waals surface area contributed by atoms with Gasteiger partial charge in [0.15, 0.2) is 0 Å². The van der Waals surface area contributed by atoms with Gasteiger partial charge in [-0.3, -0.25) is 9.69 Å². The SMILES string of the molecule is COc1ccc(CCN/C=C(/C#N)C(=O)N2CCN(Cc3ccccc3)CC2)cc1. The van der Waals surface area contributed by atoms with Crippen molar-refractivity contribution in [1.82, 2.24) is 15.1 Å². The Kier molecular flexibility index (Phi) is 7.87. The summed E-state index contributed by atoms with van der Waals surface area (Å²) in [5, 5.41) is 12.5. The highest BCUT2D eigenvalue weighted by atomic mass is 16.5. The minimum absolute atomic E-state index is 0.154. The number of nitriles is 1. The third-order valence-corrected chi connectivity index (χ3v) is 5.22. The second kappa shape index (κ2) is 11.0. The van der Waals surface area contributed by atoms with Crippen molar-refractivity contribution in [3.05, 3.63) is 77.5 Å². The van der Waals surface area contributed by atoms with E-state index < -0.39 is 0 Å². The van der Waals surface area contributed by atoms with Crippen molar-refractivity contribution in [2.45, 2.75) is 13.0 Å². The number of piperazine rings is 1. The van der Waals surface area contributed by atoms with Crippen LogP contribution < -0.4 is 10.1 Å². The highest BCUT2D eigenvalue weighted by Crippen LogP contribution is 2.12. The molecule has 1 aliphatic heterocycles. The van der Waals surface area contributed by atoms with Gasteiger partial charge in [0, 0.05) is 45.5 Å². The maximum atomic E-state index is 12.7. The lowest BCUT2D eigenvalue weighted by atomic mass is 10.1. The molecule has 0 radical (unpaired) electrons. The number of methoxy groups -OCH3 is 1. The molecule has 6 heteroatoms. The van der Waals surface area contributed by atoms with Gasteiger partial charge in [0.2, 0.25) is 0 Å². The minimum atomic E-state index is -0.200. The summed E-state index contributed by atoms with van der Waals surface area (Å²) in [4.78, 5) is 16.8. The Hall–Kier alpha value is -3.30. The topological polar surface area (TPSA) is 68.6 Å². The molecule has 3 rings (SSSR count). The van der Waals surface area contributed by atoms with Gasteiger partial charge in [0.05, 0.1) is 7.11 Å². The maximum absolute atomic E-state index is 12.7. The summed E-state index contributed by atoms with van der Waals surface area (Å²) in [5.41, 5.74) is 2.59. The zero-order valence-corrected chi connectivity index (χ0v) is 17.4. The van der Waals surface area contributed by atoms with E-state index in [-0.39, 0.29) is 11.5 Å². The molecule has 1 amide bonds. The van der Waals surface area contributed by atoms with E-state index in [0.717, 1.165) is 37.4 Å². The summed E-state index contributed by atoms with van der Waals surface area (Å²) < 4.78 is 5.15. The summed E-state index contributed by atoms with van der Waals surface area (Å²) in [6, 6.07) is 20.2. The Labute approximate surface area is 178 Å². The van der Waals surface area contributed by atoms with Gasteiger partial charge in [-0.15, -0.1) is 0 Å². The molecule has 30 heavy (non-hydrogen) atoms. The van der Waals surface area contributed by atoms with Crippen LogP contribution in [0.2, 0.25) is 0 Å². The smallest absolute Gasteiger partial charge is 0.266 e.